The van der Waals surface area contributed by atoms with Crippen LogP contribution in [0.2, 0.25) is 10.0 Å². The van der Waals surface area contributed by atoms with E-state index in [-0.39, 0.29) is 33.7 Å². The predicted octanol–water partition coefficient (Wildman–Crippen LogP) is 3.53. The van der Waals surface area contributed by atoms with E-state index in [1.54, 1.807) is 10.6 Å². The van der Waals surface area contributed by atoms with Gasteiger partial charge in [0.25, 0.3) is 0 Å². The van der Waals surface area contributed by atoms with E-state index >= 15 is 0 Å². The number of halogens is 2. The van der Waals surface area contributed by atoms with Crippen molar-refractivity contribution in [3.05, 3.63) is 58.3 Å². The summed E-state index contributed by atoms with van der Waals surface area (Å²) in [7, 11) is -2.30. The number of carbonyl (C=O) groups is 1. The number of benzene rings is 2. The topological polar surface area (TPSA) is 78.3 Å². The summed E-state index contributed by atoms with van der Waals surface area (Å²) in [6.07, 6.45) is 0.133. The van der Waals surface area contributed by atoms with Crippen molar-refractivity contribution < 1.29 is 17.9 Å². The fourth-order valence-electron chi connectivity index (χ4n) is 2.70. The number of hydrogen-bond acceptors (Lipinski definition) is 5. The van der Waals surface area contributed by atoms with Crippen LogP contribution in [0.1, 0.15) is 5.82 Å². The number of nitrogens with zero attached hydrogens (tertiary/aromatic N) is 2. The zero-order valence-corrected chi connectivity index (χ0v) is 16.7. The van der Waals surface area contributed by atoms with Gasteiger partial charge >= 0.3 is 5.97 Å². The lowest BCUT2D eigenvalue weighted by Gasteiger charge is -2.09. The van der Waals surface area contributed by atoms with Crippen LogP contribution in [-0.2, 0) is 32.3 Å². The smallest absolute Gasteiger partial charge is 0.325 e. The van der Waals surface area contributed by atoms with E-state index in [0.717, 1.165) is 5.52 Å². The Morgan fingerprint density at radius 3 is 2.59 bits per heavy atom. The Bertz CT molecular complexity index is 1110. The van der Waals surface area contributed by atoms with Crippen LogP contribution in [0.5, 0.6) is 0 Å². The van der Waals surface area contributed by atoms with Gasteiger partial charge in [0.1, 0.15) is 12.4 Å². The molecule has 0 saturated heterocycles. The average Bonchev–Trinajstić information content (AvgIpc) is 3.00. The van der Waals surface area contributed by atoms with Gasteiger partial charge < -0.3 is 9.30 Å². The lowest BCUT2D eigenvalue weighted by Crippen LogP contribution is -2.17. The Kier molecular flexibility index (Phi) is 5.74. The van der Waals surface area contributed by atoms with Crippen LogP contribution in [0, 0.1) is 0 Å². The van der Waals surface area contributed by atoms with E-state index in [2.05, 4.69) is 4.98 Å². The summed E-state index contributed by atoms with van der Waals surface area (Å²) in [5.74, 6) is -0.132. The SMILES string of the molecule is COC(=O)Cn1c(CCS(=O)(=O)c2ccc(Cl)c(Cl)c2)nc2ccccc21. The van der Waals surface area contributed by atoms with E-state index in [9.17, 15) is 13.2 Å². The molecule has 3 rings (SSSR count). The third-order valence-corrected chi connectivity index (χ3v) is 6.55. The second kappa shape index (κ2) is 7.88. The monoisotopic (exact) mass is 426 g/mol. The molecule has 0 spiro atoms. The Morgan fingerprint density at radius 2 is 1.89 bits per heavy atom. The fraction of sp³-hybridized carbons (Fsp3) is 0.222. The normalized spacial score (nSPS) is 11.7. The number of ether oxygens (including phenoxy) is 1. The third kappa shape index (κ3) is 4.26. The first-order chi connectivity index (χ1) is 12.8. The first-order valence-corrected chi connectivity index (χ1v) is 10.4. The molecular weight excluding hydrogens is 411 g/mol. The van der Waals surface area contributed by atoms with Gasteiger partial charge in [-0.2, -0.15) is 0 Å². The van der Waals surface area contributed by atoms with Crippen molar-refractivity contribution >= 4 is 50.0 Å². The van der Waals surface area contributed by atoms with Gasteiger partial charge in [-0.15, -0.1) is 0 Å². The van der Waals surface area contributed by atoms with Crippen LogP contribution >= 0.6 is 23.2 Å². The van der Waals surface area contributed by atoms with Gasteiger partial charge in [-0.05, 0) is 30.3 Å². The van der Waals surface area contributed by atoms with Gasteiger partial charge in [-0.3, -0.25) is 4.79 Å². The summed E-state index contributed by atoms with van der Waals surface area (Å²) in [5, 5.41) is 0.464. The quantitative estimate of drug-likeness (QED) is 0.563. The van der Waals surface area contributed by atoms with Crippen LogP contribution in [0.3, 0.4) is 0 Å². The van der Waals surface area contributed by atoms with E-state index in [0.29, 0.717) is 11.3 Å². The molecule has 9 heteroatoms. The number of rotatable bonds is 6. The third-order valence-electron chi connectivity index (χ3n) is 4.09. The largest absolute Gasteiger partial charge is 0.468 e. The van der Waals surface area contributed by atoms with Crippen LogP contribution in [0.4, 0.5) is 0 Å². The standard InChI is InChI=1S/C18H16Cl2N2O4S/c1-26-18(23)11-22-16-5-3-2-4-15(16)21-17(22)8-9-27(24,25)12-6-7-13(19)14(20)10-12/h2-7,10H,8-9,11H2,1H3. The molecule has 0 fully saturated rings. The molecule has 2 aromatic carbocycles. The number of carbonyl (C=O) groups excluding carboxylic acids is 1. The number of para-hydroxylation sites is 2. The Balaban J connectivity index is 1.90. The van der Waals surface area contributed by atoms with E-state index < -0.39 is 15.8 Å². The Labute approximate surface area is 166 Å². The van der Waals surface area contributed by atoms with Crippen molar-refractivity contribution in [3.63, 3.8) is 0 Å². The summed E-state index contributed by atoms with van der Waals surface area (Å²) in [6.45, 7) is -0.0425. The number of imidazole rings is 1. The molecule has 0 atom stereocenters. The number of methoxy groups -OCH3 is 1. The van der Waals surface area contributed by atoms with Crippen molar-refractivity contribution in [2.75, 3.05) is 12.9 Å². The molecule has 6 nitrogen and oxygen atoms in total. The number of sulfone groups is 1. The molecular formula is C18H16Cl2N2O4S. The molecule has 0 bridgehead atoms. The molecule has 0 N–H and O–H groups in total. The number of hydrogen-bond donors (Lipinski definition) is 0. The van der Waals surface area contributed by atoms with Crippen molar-refractivity contribution in [2.24, 2.45) is 0 Å². The fourth-order valence-corrected chi connectivity index (χ4v) is 4.32. The molecule has 27 heavy (non-hydrogen) atoms. The second-order valence-corrected chi connectivity index (χ2v) is 8.75. The number of aromatic nitrogens is 2. The predicted molar refractivity (Wildman–Crippen MR) is 104 cm³/mol. The molecule has 0 aliphatic heterocycles. The zero-order valence-electron chi connectivity index (χ0n) is 14.4. The summed E-state index contributed by atoms with van der Waals surface area (Å²) in [5.41, 5.74) is 1.42. The highest BCUT2D eigenvalue weighted by Crippen LogP contribution is 2.26. The van der Waals surface area contributed by atoms with Crippen LogP contribution in [0.15, 0.2) is 47.4 Å². The molecule has 0 amide bonds. The summed E-state index contributed by atoms with van der Waals surface area (Å²) in [6, 6.07) is 11.5. The maximum absolute atomic E-state index is 12.6. The van der Waals surface area contributed by atoms with Gasteiger partial charge in [0.15, 0.2) is 9.84 Å². The molecule has 0 saturated carbocycles. The Hall–Kier alpha value is -2.09. The molecule has 1 heterocycles. The minimum absolute atomic E-state index is 0.0425. The maximum atomic E-state index is 12.6. The summed E-state index contributed by atoms with van der Waals surface area (Å²) < 4.78 is 31.7. The highest BCUT2D eigenvalue weighted by Gasteiger charge is 2.20. The maximum Gasteiger partial charge on any atom is 0.325 e. The molecule has 0 aliphatic carbocycles. The van der Waals surface area contributed by atoms with Crippen LogP contribution in [-0.4, -0.2) is 36.8 Å². The van der Waals surface area contributed by atoms with Crippen LogP contribution in [0.25, 0.3) is 11.0 Å². The second-order valence-electron chi connectivity index (χ2n) is 5.82. The molecule has 3 aromatic rings. The number of fused-ring (bicyclic) bond motifs is 1. The van der Waals surface area contributed by atoms with E-state index in [1.807, 2.05) is 18.2 Å². The number of esters is 1. The highest BCUT2D eigenvalue weighted by atomic mass is 35.5. The van der Waals surface area contributed by atoms with E-state index in [4.69, 9.17) is 27.9 Å². The highest BCUT2D eigenvalue weighted by molar-refractivity contribution is 7.91. The van der Waals surface area contributed by atoms with Gasteiger partial charge in [0.2, 0.25) is 0 Å². The number of aryl methyl sites for hydroxylation is 1. The first kappa shape index (κ1) is 19.7. The first-order valence-electron chi connectivity index (χ1n) is 8.00. The lowest BCUT2D eigenvalue weighted by molar-refractivity contribution is -0.141. The summed E-state index contributed by atoms with van der Waals surface area (Å²) >= 11 is 11.8. The minimum atomic E-state index is -3.60. The molecule has 1 aromatic heterocycles. The van der Waals surface area contributed by atoms with Crippen LogP contribution < -0.4 is 0 Å². The summed E-state index contributed by atoms with van der Waals surface area (Å²) in [4.78, 5) is 16.3. The molecule has 0 aliphatic rings. The zero-order chi connectivity index (χ0) is 19.6. The van der Waals surface area contributed by atoms with Gasteiger partial charge in [-0.25, -0.2) is 13.4 Å². The minimum Gasteiger partial charge on any atom is -0.468 e. The van der Waals surface area contributed by atoms with Gasteiger partial charge in [0.05, 0.1) is 38.8 Å². The van der Waals surface area contributed by atoms with E-state index in [1.165, 1.54) is 25.3 Å². The molecule has 0 unspecified atom stereocenters. The Morgan fingerprint density at radius 1 is 1.15 bits per heavy atom. The van der Waals surface area contributed by atoms with Crippen molar-refractivity contribution in [2.45, 2.75) is 17.9 Å². The van der Waals surface area contributed by atoms with Gasteiger partial charge in [-0.1, -0.05) is 35.3 Å². The van der Waals surface area contributed by atoms with Crippen molar-refractivity contribution in [1.29, 1.82) is 0 Å². The van der Waals surface area contributed by atoms with Crippen molar-refractivity contribution in [1.82, 2.24) is 9.55 Å². The molecule has 142 valence electrons. The average molecular weight is 427 g/mol. The van der Waals surface area contributed by atoms with Gasteiger partial charge in [0, 0.05) is 6.42 Å². The lowest BCUT2D eigenvalue weighted by atomic mass is 10.3. The van der Waals surface area contributed by atoms with Crippen molar-refractivity contribution in [3.8, 4) is 0 Å². The molecule has 0 radical (unpaired) electrons.